The van der Waals surface area contributed by atoms with Gasteiger partial charge in [-0.2, -0.15) is 0 Å². The number of nitrogens with zero attached hydrogens (tertiary/aromatic N) is 1. The largest absolute Gasteiger partial charge is 0.455 e. The van der Waals surface area contributed by atoms with E-state index >= 15 is 0 Å². The molecule has 0 aliphatic carbocycles. The Labute approximate surface area is 357 Å². The third kappa shape index (κ3) is 6.35. The zero-order valence-electron chi connectivity index (χ0n) is 33.5. The zero-order valence-corrected chi connectivity index (χ0v) is 34.5. The molecule has 11 rings (SSSR count). The van der Waals surface area contributed by atoms with Crippen molar-refractivity contribution in [3.8, 4) is 22.3 Å². The highest BCUT2D eigenvalue weighted by atomic mass is 28.3. The monoisotopic (exact) mass is 795 g/mol. The molecule has 61 heavy (non-hydrogen) atoms. The van der Waals surface area contributed by atoms with Crippen molar-refractivity contribution in [1.82, 2.24) is 0 Å². The van der Waals surface area contributed by atoms with Crippen molar-refractivity contribution < 1.29 is 4.42 Å². The van der Waals surface area contributed by atoms with Crippen molar-refractivity contribution in [2.24, 2.45) is 0 Å². The number of hydrogen-bond acceptors (Lipinski definition) is 2. The molecule has 0 aliphatic rings. The van der Waals surface area contributed by atoms with Gasteiger partial charge in [0.1, 0.15) is 11.2 Å². The number of rotatable bonds is 9. The van der Waals surface area contributed by atoms with E-state index in [2.05, 4.69) is 241 Å². The summed E-state index contributed by atoms with van der Waals surface area (Å²) in [4.78, 5) is 2.38. The van der Waals surface area contributed by atoms with Gasteiger partial charge in [0.15, 0.2) is 8.07 Å². The Morgan fingerprint density at radius 2 is 0.754 bits per heavy atom. The van der Waals surface area contributed by atoms with Gasteiger partial charge in [0.05, 0.1) is 5.69 Å². The van der Waals surface area contributed by atoms with E-state index < -0.39 is 8.07 Å². The molecule has 0 bridgehead atoms. The standard InChI is InChI=1S/C58H41NOSi/c1-4-18-48(19-5-1)61(49-20-6-2-7-21-49,50-22-8-3-9-23-50)51-40-34-43(35-41-51)42-30-36-46(37-31-42)59(56-28-14-17-44-16-10-11-24-52(44)56)47-38-32-45(33-39-47)53-26-15-27-55-54-25-12-13-29-57(54)60-58(53)55/h1-41H. The molecule has 288 valence electrons. The van der Waals surface area contributed by atoms with Crippen LogP contribution in [0.3, 0.4) is 0 Å². The van der Waals surface area contributed by atoms with Gasteiger partial charge in [0.25, 0.3) is 0 Å². The minimum atomic E-state index is -2.60. The number of hydrogen-bond donors (Lipinski definition) is 0. The fraction of sp³-hybridized carbons (Fsp3) is 0. The molecule has 10 aromatic carbocycles. The quantitative estimate of drug-likeness (QED) is 0.107. The average molecular weight is 796 g/mol. The molecule has 0 fully saturated rings. The smallest absolute Gasteiger partial charge is 0.179 e. The van der Waals surface area contributed by atoms with Gasteiger partial charge in [-0.05, 0) is 79.2 Å². The van der Waals surface area contributed by atoms with Crippen LogP contribution in [0.2, 0.25) is 0 Å². The third-order valence-corrected chi connectivity index (χ3v) is 17.0. The first kappa shape index (κ1) is 36.4. The van der Waals surface area contributed by atoms with Crippen LogP contribution in [0.25, 0.3) is 55.0 Å². The van der Waals surface area contributed by atoms with Crippen LogP contribution in [0, 0.1) is 0 Å². The van der Waals surface area contributed by atoms with Gasteiger partial charge < -0.3 is 9.32 Å². The number of para-hydroxylation sites is 2. The van der Waals surface area contributed by atoms with Gasteiger partial charge in [-0.15, -0.1) is 0 Å². The lowest BCUT2D eigenvalue weighted by Gasteiger charge is -2.34. The van der Waals surface area contributed by atoms with E-state index in [1.165, 1.54) is 42.6 Å². The van der Waals surface area contributed by atoms with E-state index in [9.17, 15) is 0 Å². The van der Waals surface area contributed by atoms with E-state index in [0.717, 1.165) is 50.1 Å². The van der Waals surface area contributed by atoms with Crippen LogP contribution >= 0.6 is 0 Å². The Morgan fingerprint density at radius 1 is 0.311 bits per heavy atom. The Bertz CT molecular complexity index is 3170. The molecule has 2 nitrogen and oxygen atoms in total. The summed E-state index contributed by atoms with van der Waals surface area (Å²) in [6.45, 7) is 0. The molecule has 0 aliphatic heterocycles. The lowest BCUT2D eigenvalue weighted by Crippen LogP contribution is -2.74. The molecule has 0 N–H and O–H groups in total. The zero-order chi connectivity index (χ0) is 40.6. The molecular formula is C58H41NOSi. The molecule has 0 unspecified atom stereocenters. The predicted octanol–water partition coefficient (Wildman–Crippen LogP) is 12.9. The summed E-state index contributed by atoms with van der Waals surface area (Å²) in [5.41, 5.74) is 9.69. The molecule has 0 saturated carbocycles. The molecule has 0 saturated heterocycles. The summed E-state index contributed by atoms with van der Waals surface area (Å²) in [6.07, 6.45) is 0. The molecule has 3 heteroatoms. The SMILES string of the molecule is c1ccc([Si](c2ccccc2)(c2ccccc2)c2ccc(-c3ccc(N(c4ccc(-c5cccc6c5oc5ccccc56)cc4)c4cccc5ccccc45)cc3)cc2)cc1. The number of fused-ring (bicyclic) bond motifs is 4. The van der Waals surface area contributed by atoms with E-state index in [1.807, 2.05) is 12.1 Å². The maximum absolute atomic E-state index is 6.43. The highest BCUT2D eigenvalue weighted by molar-refractivity contribution is 7.19. The summed E-state index contributed by atoms with van der Waals surface area (Å²) >= 11 is 0. The lowest BCUT2D eigenvalue weighted by molar-refractivity contribution is 0.670. The molecule has 1 heterocycles. The van der Waals surface area contributed by atoms with Crippen LogP contribution in [-0.2, 0) is 0 Å². The normalized spacial score (nSPS) is 11.6. The number of benzene rings is 10. The van der Waals surface area contributed by atoms with E-state index in [1.54, 1.807) is 0 Å². The van der Waals surface area contributed by atoms with Gasteiger partial charge in [-0.1, -0.05) is 212 Å². The van der Waals surface area contributed by atoms with Crippen molar-refractivity contribution >= 4 is 78.6 Å². The van der Waals surface area contributed by atoms with Crippen LogP contribution in [0.5, 0.6) is 0 Å². The Balaban J connectivity index is 0.980. The molecule has 0 atom stereocenters. The van der Waals surface area contributed by atoms with Gasteiger partial charge in [0, 0.05) is 33.1 Å². The topological polar surface area (TPSA) is 16.4 Å². The first-order valence-corrected chi connectivity index (χ1v) is 22.9. The summed E-state index contributed by atoms with van der Waals surface area (Å²) in [5.74, 6) is 0. The summed E-state index contributed by atoms with van der Waals surface area (Å²) < 4.78 is 6.43. The summed E-state index contributed by atoms with van der Waals surface area (Å²) in [7, 11) is -2.60. The second-order valence-corrected chi connectivity index (χ2v) is 19.4. The summed E-state index contributed by atoms with van der Waals surface area (Å²) in [6, 6.07) is 90.5. The Kier molecular flexibility index (Phi) is 9.22. The Hall–Kier alpha value is -7.72. The minimum absolute atomic E-state index is 0.907. The second-order valence-electron chi connectivity index (χ2n) is 15.6. The number of anilines is 3. The predicted molar refractivity (Wildman–Crippen MR) is 260 cm³/mol. The van der Waals surface area contributed by atoms with Crippen LogP contribution in [0.15, 0.2) is 253 Å². The van der Waals surface area contributed by atoms with E-state index in [-0.39, 0.29) is 0 Å². The third-order valence-electron chi connectivity index (χ3n) is 12.2. The first-order valence-electron chi connectivity index (χ1n) is 20.9. The molecule has 0 radical (unpaired) electrons. The fourth-order valence-corrected chi connectivity index (χ4v) is 14.1. The second kappa shape index (κ2) is 15.5. The molecule has 1 aromatic heterocycles. The van der Waals surface area contributed by atoms with Gasteiger partial charge in [0.2, 0.25) is 0 Å². The summed E-state index contributed by atoms with van der Waals surface area (Å²) in [5, 5.41) is 10.2. The maximum Gasteiger partial charge on any atom is 0.179 e. The first-order chi connectivity index (χ1) is 30.3. The highest BCUT2D eigenvalue weighted by Crippen LogP contribution is 2.41. The molecule has 0 spiro atoms. The molecule has 11 aromatic rings. The van der Waals surface area contributed by atoms with Crippen molar-refractivity contribution in [3.05, 3.63) is 249 Å². The van der Waals surface area contributed by atoms with Gasteiger partial charge in [-0.25, -0.2) is 0 Å². The average Bonchev–Trinajstić information content (AvgIpc) is 3.73. The molecular weight excluding hydrogens is 755 g/mol. The van der Waals surface area contributed by atoms with Gasteiger partial charge >= 0.3 is 0 Å². The maximum atomic E-state index is 6.43. The fourth-order valence-electron chi connectivity index (χ4n) is 9.38. The van der Waals surface area contributed by atoms with Crippen LogP contribution in [0.4, 0.5) is 17.1 Å². The van der Waals surface area contributed by atoms with Crippen LogP contribution < -0.4 is 25.6 Å². The Morgan fingerprint density at radius 3 is 1.36 bits per heavy atom. The molecule has 0 amide bonds. The highest BCUT2D eigenvalue weighted by Gasteiger charge is 2.41. The van der Waals surface area contributed by atoms with Crippen molar-refractivity contribution in [2.75, 3.05) is 4.90 Å². The van der Waals surface area contributed by atoms with Crippen molar-refractivity contribution in [3.63, 3.8) is 0 Å². The van der Waals surface area contributed by atoms with Crippen molar-refractivity contribution in [2.45, 2.75) is 0 Å². The van der Waals surface area contributed by atoms with Crippen LogP contribution in [0.1, 0.15) is 0 Å². The van der Waals surface area contributed by atoms with Crippen molar-refractivity contribution in [1.29, 1.82) is 0 Å². The minimum Gasteiger partial charge on any atom is -0.455 e. The van der Waals surface area contributed by atoms with Gasteiger partial charge in [-0.3, -0.25) is 0 Å². The van der Waals surface area contributed by atoms with E-state index in [4.69, 9.17) is 4.42 Å². The lowest BCUT2D eigenvalue weighted by atomic mass is 10.0. The number of furan rings is 1. The van der Waals surface area contributed by atoms with Crippen LogP contribution in [-0.4, -0.2) is 8.07 Å². The van der Waals surface area contributed by atoms with E-state index in [0.29, 0.717) is 0 Å².